The summed E-state index contributed by atoms with van der Waals surface area (Å²) in [4.78, 5) is 15.0. The topological polar surface area (TPSA) is 57.2 Å². The first kappa shape index (κ1) is 23.1. The molecule has 0 radical (unpaired) electrons. The summed E-state index contributed by atoms with van der Waals surface area (Å²) >= 11 is 0. The van der Waals surface area contributed by atoms with Gasteiger partial charge in [-0.2, -0.15) is 0 Å². The third-order valence-corrected chi connectivity index (χ3v) is 7.08. The lowest BCUT2D eigenvalue weighted by Gasteiger charge is -2.37. The van der Waals surface area contributed by atoms with Crippen LogP contribution in [-0.2, 0) is 18.8 Å². The number of carbonyl (C=O) groups excluding carboxylic acids is 1. The molecule has 7 heteroatoms. The predicted molar refractivity (Wildman–Crippen MR) is 120 cm³/mol. The van der Waals surface area contributed by atoms with Crippen molar-refractivity contribution in [3.63, 3.8) is 0 Å². The van der Waals surface area contributed by atoms with Crippen LogP contribution < -0.4 is 10.4 Å². The van der Waals surface area contributed by atoms with E-state index < -0.39 is 18.3 Å². The number of ether oxygens (including phenoxy) is 2. The molecule has 30 heavy (non-hydrogen) atoms. The standard InChI is InChI=1S/C23H36BNO5/c1-8-23(6)22(4,5)29-24(30-23)17-14-19(21(26)27-7)16(3)20(15-17)25(9-2)18-10-12-28-13-11-18/h14-15,18H,8-13H2,1-7H3. The smallest absolute Gasteiger partial charge is 0.465 e. The Morgan fingerprint density at radius 2 is 1.87 bits per heavy atom. The van der Waals surface area contributed by atoms with Crippen LogP contribution in [0.5, 0.6) is 0 Å². The second kappa shape index (κ2) is 8.89. The maximum absolute atomic E-state index is 12.6. The first-order chi connectivity index (χ1) is 14.2. The Morgan fingerprint density at radius 1 is 1.20 bits per heavy atom. The second-order valence-electron chi connectivity index (χ2n) is 9.00. The maximum Gasteiger partial charge on any atom is 0.494 e. The molecule has 0 aromatic heterocycles. The minimum absolute atomic E-state index is 0.339. The average Bonchev–Trinajstić information content (AvgIpc) is 2.99. The number of rotatable bonds is 6. The van der Waals surface area contributed by atoms with Crippen molar-refractivity contribution in [2.75, 3.05) is 31.8 Å². The van der Waals surface area contributed by atoms with Crippen LogP contribution >= 0.6 is 0 Å². The minimum Gasteiger partial charge on any atom is -0.465 e. The van der Waals surface area contributed by atoms with Gasteiger partial charge in [-0.15, -0.1) is 0 Å². The summed E-state index contributed by atoms with van der Waals surface area (Å²) in [6, 6.07) is 4.37. The molecule has 0 bridgehead atoms. The van der Waals surface area contributed by atoms with Gasteiger partial charge in [0, 0.05) is 31.5 Å². The van der Waals surface area contributed by atoms with E-state index in [9.17, 15) is 4.79 Å². The van der Waals surface area contributed by atoms with Crippen LogP contribution in [0, 0.1) is 6.92 Å². The molecule has 0 spiro atoms. The molecule has 0 N–H and O–H groups in total. The van der Waals surface area contributed by atoms with Gasteiger partial charge in [-0.25, -0.2) is 4.79 Å². The van der Waals surface area contributed by atoms with Gasteiger partial charge < -0.3 is 23.7 Å². The van der Waals surface area contributed by atoms with Crippen LogP contribution in [-0.4, -0.2) is 57.2 Å². The Morgan fingerprint density at radius 3 is 2.40 bits per heavy atom. The van der Waals surface area contributed by atoms with Crippen molar-refractivity contribution in [2.24, 2.45) is 0 Å². The van der Waals surface area contributed by atoms with E-state index in [1.165, 1.54) is 7.11 Å². The molecule has 2 fully saturated rings. The number of anilines is 1. The molecule has 2 heterocycles. The van der Waals surface area contributed by atoms with Crippen molar-refractivity contribution in [3.05, 3.63) is 23.3 Å². The number of methoxy groups -OCH3 is 1. The molecule has 0 saturated carbocycles. The molecule has 1 aromatic rings. The Kier molecular flexibility index (Phi) is 6.85. The molecular weight excluding hydrogens is 381 g/mol. The molecule has 2 aliphatic heterocycles. The fourth-order valence-corrected chi connectivity index (χ4v) is 4.54. The van der Waals surface area contributed by atoms with Gasteiger partial charge in [0.25, 0.3) is 0 Å². The molecule has 1 unspecified atom stereocenters. The zero-order valence-electron chi connectivity index (χ0n) is 19.5. The van der Waals surface area contributed by atoms with Gasteiger partial charge in [-0.1, -0.05) is 6.92 Å². The Hall–Kier alpha value is -1.57. The van der Waals surface area contributed by atoms with E-state index in [1.807, 2.05) is 13.0 Å². The largest absolute Gasteiger partial charge is 0.494 e. The van der Waals surface area contributed by atoms with E-state index in [4.69, 9.17) is 18.8 Å². The maximum atomic E-state index is 12.6. The fraction of sp³-hybridized carbons (Fsp3) is 0.696. The summed E-state index contributed by atoms with van der Waals surface area (Å²) in [6.07, 6.45) is 2.78. The minimum atomic E-state index is -0.527. The average molecular weight is 417 g/mol. The highest BCUT2D eigenvalue weighted by Crippen LogP contribution is 2.40. The molecule has 1 atom stereocenters. The number of esters is 1. The number of hydrogen-bond acceptors (Lipinski definition) is 6. The summed E-state index contributed by atoms with van der Waals surface area (Å²) in [6.45, 7) is 14.8. The van der Waals surface area contributed by atoms with Gasteiger partial charge >= 0.3 is 13.1 Å². The molecule has 1 aromatic carbocycles. The van der Waals surface area contributed by atoms with Crippen molar-refractivity contribution in [1.82, 2.24) is 0 Å². The van der Waals surface area contributed by atoms with Gasteiger partial charge in [0.05, 0.1) is 23.9 Å². The lowest BCUT2D eigenvalue weighted by atomic mass is 9.77. The third kappa shape index (κ3) is 4.12. The van der Waals surface area contributed by atoms with Gasteiger partial charge in [0.1, 0.15) is 0 Å². The highest BCUT2D eigenvalue weighted by Gasteiger charge is 2.53. The quantitative estimate of drug-likeness (QED) is 0.522. The molecule has 0 amide bonds. The van der Waals surface area contributed by atoms with Crippen LogP contribution in [0.15, 0.2) is 12.1 Å². The highest BCUT2D eigenvalue weighted by atomic mass is 16.7. The van der Waals surface area contributed by atoms with Crippen LogP contribution in [0.4, 0.5) is 5.69 Å². The Bertz CT molecular complexity index is 777. The van der Waals surface area contributed by atoms with Gasteiger partial charge in [0.2, 0.25) is 0 Å². The highest BCUT2D eigenvalue weighted by molar-refractivity contribution is 6.62. The SMILES string of the molecule is CCN(c1cc(B2OC(C)(C)C(C)(CC)O2)cc(C(=O)OC)c1C)C1CCOCC1. The summed E-state index contributed by atoms with van der Waals surface area (Å²) < 4.78 is 23.4. The van der Waals surface area contributed by atoms with Crippen LogP contribution in [0.2, 0.25) is 0 Å². The molecule has 0 aliphatic carbocycles. The van der Waals surface area contributed by atoms with Gasteiger partial charge in [0.15, 0.2) is 0 Å². The van der Waals surface area contributed by atoms with Crippen molar-refractivity contribution >= 4 is 24.2 Å². The zero-order valence-corrected chi connectivity index (χ0v) is 19.5. The Labute approximate surface area is 181 Å². The number of hydrogen-bond donors (Lipinski definition) is 0. The summed E-state index contributed by atoms with van der Waals surface area (Å²) in [5.74, 6) is -0.339. The number of benzene rings is 1. The molecule has 6 nitrogen and oxygen atoms in total. The zero-order chi connectivity index (χ0) is 22.1. The molecule has 3 rings (SSSR count). The number of carbonyl (C=O) groups is 1. The lowest BCUT2D eigenvalue weighted by molar-refractivity contribution is -0.0118. The van der Waals surface area contributed by atoms with Crippen molar-refractivity contribution < 1.29 is 23.6 Å². The van der Waals surface area contributed by atoms with E-state index in [2.05, 4.69) is 45.6 Å². The molecule has 2 saturated heterocycles. The second-order valence-corrected chi connectivity index (χ2v) is 9.00. The Balaban J connectivity index is 2.06. The van der Waals surface area contributed by atoms with Gasteiger partial charge in [-0.3, -0.25) is 0 Å². The van der Waals surface area contributed by atoms with Crippen molar-refractivity contribution in [1.29, 1.82) is 0 Å². The van der Waals surface area contributed by atoms with Crippen molar-refractivity contribution in [3.8, 4) is 0 Å². The monoisotopic (exact) mass is 417 g/mol. The van der Waals surface area contributed by atoms with Crippen LogP contribution in [0.3, 0.4) is 0 Å². The van der Waals surface area contributed by atoms with E-state index >= 15 is 0 Å². The van der Waals surface area contributed by atoms with E-state index in [0.717, 1.165) is 55.7 Å². The molecule has 166 valence electrons. The summed E-state index contributed by atoms with van der Waals surface area (Å²) in [5.41, 5.74) is 2.54. The van der Waals surface area contributed by atoms with Crippen LogP contribution in [0.1, 0.15) is 69.8 Å². The number of nitrogens with zero attached hydrogens (tertiary/aromatic N) is 1. The lowest BCUT2D eigenvalue weighted by Crippen LogP contribution is -2.44. The van der Waals surface area contributed by atoms with E-state index in [1.54, 1.807) is 0 Å². The first-order valence-electron chi connectivity index (χ1n) is 11.1. The molecule has 2 aliphatic rings. The first-order valence-corrected chi connectivity index (χ1v) is 11.1. The normalized spacial score (nSPS) is 24.2. The van der Waals surface area contributed by atoms with Gasteiger partial charge in [-0.05, 0) is 77.0 Å². The fourth-order valence-electron chi connectivity index (χ4n) is 4.54. The van der Waals surface area contributed by atoms with E-state index in [-0.39, 0.29) is 5.97 Å². The summed E-state index contributed by atoms with van der Waals surface area (Å²) in [5, 5.41) is 0. The predicted octanol–water partition coefficient (Wildman–Crippen LogP) is 3.48. The van der Waals surface area contributed by atoms with E-state index in [0.29, 0.717) is 11.6 Å². The third-order valence-electron chi connectivity index (χ3n) is 7.08. The van der Waals surface area contributed by atoms with Crippen LogP contribution in [0.25, 0.3) is 0 Å². The summed E-state index contributed by atoms with van der Waals surface area (Å²) in [7, 11) is 0.894. The van der Waals surface area contributed by atoms with Crippen molar-refractivity contribution in [2.45, 2.75) is 78.0 Å². The molecular formula is C23H36BNO5.